The van der Waals surface area contributed by atoms with Crippen molar-refractivity contribution in [2.75, 3.05) is 13.2 Å². The minimum absolute atomic E-state index is 0.944. The minimum atomic E-state index is -3.02. The van der Waals surface area contributed by atoms with Crippen LogP contribution < -0.4 is 0 Å². The third-order valence-corrected chi connectivity index (χ3v) is 6.38. The maximum atomic E-state index is 11.3. The molecule has 0 aromatic carbocycles. The summed E-state index contributed by atoms with van der Waals surface area (Å²) in [5.74, 6) is 0. The highest BCUT2D eigenvalue weighted by atomic mass is 16.7. The monoisotopic (exact) mass is 489 g/mol. The standard InChI is InChI=1S/C18H32O15/c1-4-7(21)8(22)10(24)15(30-4)18(29)13(26)6(3-20)32-17(14(18)27)33-12-5(2-19)31-16(28)11(25)9(12)23/h4-17,19-29H,2-3H2,1H3/t4-,5+,6+,7+,8+,9+,10-,11+,12+,13-,14-,15?,16?,17-,18-/m0/s1/i16D. The van der Waals surface area contributed by atoms with Gasteiger partial charge in [-0.3, -0.25) is 0 Å². The van der Waals surface area contributed by atoms with Crippen molar-refractivity contribution < 1.29 is 76.5 Å². The van der Waals surface area contributed by atoms with Crippen molar-refractivity contribution in [2.24, 2.45) is 0 Å². The lowest BCUT2D eigenvalue weighted by molar-refractivity contribution is -0.392. The molecule has 0 saturated carbocycles. The summed E-state index contributed by atoms with van der Waals surface area (Å²) in [5, 5.41) is 113. The Balaban J connectivity index is 1.92. The molecule has 0 amide bonds. The molecule has 3 fully saturated rings. The van der Waals surface area contributed by atoms with Gasteiger partial charge in [0.1, 0.15) is 67.1 Å². The van der Waals surface area contributed by atoms with Crippen LogP contribution in [0.1, 0.15) is 8.29 Å². The first-order valence-electron chi connectivity index (χ1n) is 10.8. The third kappa shape index (κ3) is 4.53. The molecule has 33 heavy (non-hydrogen) atoms. The van der Waals surface area contributed by atoms with E-state index in [1.54, 1.807) is 0 Å². The molecule has 15 nitrogen and oxygen atoms in total. The van der Waals surface area contributed by atoms with E-state index in [0.717, 1.165) is 0 Å². The van der Waals surface area contributed by atoms with E-state index >= 15 is 0 Å². The highest BCUT2D eigenvalue weighted by Crippen LogP contribution is 2.40. The summed E-state index contributed by atoms with van der Waals surface area (Å²) in [6.45, 7) is -0.612. The second-order valence-corrected chi connectivity index (χ2v) is 8.45. The average Bonchev–Trinajstić information content (AvgIpc) is 2.80. The Bertz CT molecular complexity index is 698. The van der Waals surface area contributed by atoms with Crippen LogP contribution in [0, 0.1) is 0 Å². The van der Waals surface area contributed by atoms with E-state index in [2.05, 4.69) is 0 Å². The largest absolute Gasteiger partial charge is 0.394 e. The molecule has 3 saturated heterocycles. The van der Waals surface area contributed by atoms with E-state index in [4.69, 9.17) is 20.3 Å². The van der Waals surface area contributed by atoms with Gasteiger partial charge in [0.15, 0.2) is 18.2 Å². The molecule has 3 aliphatic rings. The van der Waals surface area contributed by atoms with Gasteiger partial charge in [0.25, 0.3) is 0 Å². The van der Waals surface area contributed by atoms with Crippen molar-refractivity contribution >= 4 is 0 Å². The van der Waals surface area contributed by atoms with Crippen LogP contribution in [0.2, 0.25) is 0 Å². The topological polar surface area (TPSA) is 259 Å². The summed E-state index contributed by atoms with van der Waals surface area (Å²) in [7, 11) is 0. The normalized spacial score (nSPS) is 58.7. The van der Waals surface area contributed by atoms with Crippen molar-refractivity contribution in [3.63, 3.8) is 0 Å². The summed E-state index contributed by atoms with van der Waals surface area (Å²) in [6.07, 6.45) is -27.5. The van der Waals surface area contributed by atoms with Crippen LogP contribution in [0.15, 0.2) is 0 Å². The number of hydrogen-bond donors (Lipinski definition) is 11. The lowest BCUT2D eigenvalue weighted by atomic mass is 9.74. The first kappa shape index (κ1) is 25.5. The first-order chi connectivity index (χ1) is 15.7. The van der Waals surface area contributed by atoms with E-state index in [1.165, 1.54) is 6.92 Å². The number of aliphatic hydroxyl groups excluding tert-OH is 9. The molecule has 15 atom stereocenters. The van der Waals surface area contributed by atoms with E-state index in [0.29, 0.717) is 0 Å². The van der Waals surface area contributed by atoms with Gasteiger partial charge in [0.05, 0.1) is 20.7 Å². The Morgan fingerprint density at radius 3 is 1.94 bits per heavy atom. The van der Waals surface area contributed by atoms with Crippen LogP contribution in [0.3, 0.4) is 0 Å². The molecular formula is C18H32O15. The summed E-state index contributed by atoms with van der Waals surface area (Å²) in [6, 6.07) is 0. The Labute approximate surface area is 189 Å². The fourth-order valence-electron chi connectivity index (χ4n) is 4.33. The summed E-state index contributed by atoms with van der Waals surface area (Å²) in [4.78, 5) is 0. The quantitative estimate of drug-likeness (QED) is 0.171. The van der Waals surface area contributed by atoms with Gasteiger partial charge in [0.2, 0.25) is 0 Å². The fourth-order valence-corrected chi connectivity index (χ4v) is 4.33. The molecule has 3 rings (SSSR count). The van der Waals surface area contributed by atoms with Crippen LogP contribution >= 0.6 is 0 Å². The van der Waals surface area contributed by atoms with Crippen molar-refractivity contribution in [1.82, 2.24) is 0 Å². The zero-order valence-electron chi connectivity index (χ0n) is 18.5. The molecule has 11 N–H and O–H groups in total. The number of ether oxygens (including phenoxy) is 4. The van der Waals surface area contributed by atoms with Gasteiger partial charge in [0, 0.05) is 0 Å². The molecule has 0 spiro atoms. The Morgan fingerprint density at radius 2 is 1.36 bits per heavy atom. The van der Waals surface area contributed by atoms with Crippen LogP contribution in [0.4, 0.5) is 0 Å². The summed E-state index contributed by atoms with van der Waals surface area (Å²) >= 11 is 0. The molecule has 0 aromatic heterocycles. The average molecular weight is 489 g/mol. The van der Waals surface area contributed by atoms with E-state index < -0.39 is 105 Å². The van der Waals surface area contributed by atoms with Gasteiger partial charge in [-0.2, -0.15) is 0 Å². The lowest BCUT2D eigenvalue weighted by Crippen LogP contribution is -2.77. The minimum Gasteiger partial charge on any atom is -0.394 e. The molecule has 3 aliphatic heterocycles. The molecule has 0 bridgehead atoms. The second kappa shape index (κ2) is 10.2. The molecular weight excluding hydrogens is 456 g/mol. The Hall–Kier alpha value is -0.600. The highest BCUT2D eigenvalue weighted by molar-refractivity contribution is 5.12. The SMILES string of the molecule is [2H]C1(O)O[C@H](CO)[C@@H](O[C@@H]2O[C@H](CO)[C@H](O)[C@@](O)(C3O[C@@H](C)[C@@H](O)[C@@H](O)[C@@H]3O)[C@H]2O)[C@H](O)[C@H]1O. The van der Waals surface area contributed by atoms with E-state index in [1.807, 2.05) is 0 Å². The predicted octanol–water partition coefficient (Wildman–Crippen LogP) is -7.16. The van der Waals surface area contributed by atoms with Crippen molar-refractivity contribution in [2.45, 2.75) is 98.3 Å². The number of rotatable bonds is 5. The van der Waals surface area contributed by atoms with E-state index in [9.17, 15) is 56.2 Å². The highest BCUT2D eigenvalue weighted by Gasteiger charge is 2.65. The molecule has 15 heteroatoms. The number of hydrogen-bond acceptors (Lipinski definition) is 15. The molecule has 194 valence electrons. The molecule has 3 heterocycles. The Morgan fingerprint density at radius 1 is 0.758 bits per heavy atom. The van der Waals surface area contributed by atoms with E-state index in [-0.39, 0.29) is 0 Å². The summed E-state index contributed by atoms with van der Waals surface area (Å²) in [5.41, 5.74) is -2.89. The zero-order valence-corrected chi connectivity index (χ0v) is 17.5. The number of aliphatic hydroxyl groups is 11. The lowest BCUT2D eigenvalue weighted by Gasteiger charge is -2.55. The van der Waals surface area contributed by atoms with Gasteiger partial charge in [-0.05, 0) is 6.92 Å². The van der Waals surface area contributed by atoms with Crippen LogP contribution in [0.25, 0.3) is 0 Å². The van der Waals surface area contributed by atoms with Crippen LogP contribution in [0.5, 0.6) is 0 Å². The molecule has 0 aliphatic carbocycles. The first-order valence-corrected chi connectivity index (χ1v) is 10.3. The molecule has 0 radical (unpaired) electrons. The van der Waals surface area contributed by atoms with Gasteiger partial charge in [-0.1, -0.05) is 0 Å². The van der Waals surface area contributed by atoms with Crippen molar-refractivity contribution in [1.29, 1.82) is 0 Å². The third-order valence-electron chi connectivity index (χ3n) is 6.38. The van der Waals surface area contributed by atoms with Crippen molar-refractivity contribution in [3.8, 4) is 0 Å². The van der Waals surface area contributed by atoms with Gasteiger partial charge in [-0.25, -0.2) is 0 Å². The van der Waals surface area contributed by atoms with Gasteiger partial charge < -0.3 is 75.1 Å². The van der Waals surface area contributed by atoms with Crippen LogP contribution in [-0.4, -0.2) is 161 Å². The maximum Gasteiger partial charge on any atom is 0.187 e. The van der Waals surface area contributed by atoms with Gasteiger partial charge in [-0.15, -0.1) is 0 Å². The Kier molecular flexibility index (Phi) is 7.86. The predicted molar refractivity (Wildman–Crippen MR) is 99.9 cm³/mol. The molecule has 2 unspecified atom stereocenters. The molecule has 0 aromatic rings. The zero-order chi connectivity index (χ0) is 25.7. The van der Waals surface area contributed by atoms with Gasteiger partial charge >= 0.3 is 0 Å². The van der Waals surface area contributed by atoms with Crippen LogP contribution in [-0.2, 0) is 18.9 Å². The summed E-state index contributed by atoms with van der Waals surface area (Å²) < 4.78 is 28.3. The fraction of sp³-hybridized carbons (Fsp3) is 1.00. The maximum absolute atomic E-state index is 11.3. The second-order valence-electron chi connectivity index (χ2n) is 8.45. The smallest absolute Gasteiger partial charge is 0.187 e. The van der Waals surface area contributed by atoms with Crippen molar-refractivity contribution in [3.05, 3.63) is 0 Å².